The van der Waals surface area contributed by atoms with E-state index in [0.717, 1.165) is 50.9 Å². The Kier molecular flexibility index (Phi) is 7.27. The molecule has 55 heavy (non-hydrogen) atoms. The van der Waals surface area contributed by atoms with Gasteiger partial charge in [-0.2, -0.15) is 0 Å². The van der Waals surface area contributed by atoms with E-state index in [1.165, 1.54) is 43.7 Å². The van der Waals surface area contributed by atoms with Crippen molar-refractivity contribution in [2.24, 2.45) is 0 Å². The number of hydrogen-bond donors (Lipinski definition) is 0. The Morgan fingerprint density at radius 1 is 0.527 bits per heavy atom. The SMILES string of the molecule is C1=CCC(n2c3ccccc3c3cc(N(c4ccc(-c5ccc6ccccc6c5)cc4)c4cccc5c4ccc4oc(-c6ccccc6)nc45)ccc32)C=C1. The number of rotatable bonds is 6. The van der Waals surface area contributed by atoms with Gasteiger partial charge in [-0.3, -0.25) is 0 Å². The molecule has 1 unspecified atom stereocenters. The third-order valence-electron chi connectivity index (χ3n) is 11.1. The zero-order chi connectivity index (χ0) is 36.3. The predicted octanol–water partition coefficient (Wildman–Crippen LogP) is 14.1. The molecule has 2 aromatic heterocycles. The minimum Gasteiger partial charge on any atom is -0.436 e. The summed E-state index contributed by atoms with van der Waals surface area (Å²) in [4.78, 5) is 7.44. The fraction of sp³-hybridized carbons (Fsp3) is 0.0392. The molecule has 10 aromatic rings. The fourth-order valence-corrected chi connectivity index (χ4v) is 8.48. The molecule has 1 atom stereocenters. The van der Waals surface area contributed by atoms with E-state index in [-0.39, 0.29) is 6.04 Å². The van der Waals surface area contributed by atoms with Crippen LogP contribution in [-0.2, 0) is 0 Å². The van der Waals surface area contributed by atoms with Crippen LogP contribution in [0, 0.1) is 0 Å². The van der Waals surface area contributed by atoms with Crippen molar-refractivity contribution in [1.82, 2.24) is 9.55 Å². The van der Waals surface area contributed by atoms with Gasteiger partial charge in [-0.15, -0.1) is 0 Å². The van der Waals surface area contributed by atoms with Crippen molar-refractivity contribution in [1.29, 1.82) is 0 Å². The van der Waals surface area contributed by atoms with Crippen LogP contribution in [0.3, 0.4) is 0 Å². The predicted molar refractivity (Wildman–Crippen MR) is 230 cm³/mol. The summed E-state index contributed by atoms with van der Waals surface area (Å²) >= 11 is 0. The summed E-state index contributed by atoms with van der Waals surface area (Å²) in [6, 6.07) is 61.1. The van der Waals surface area contributed by atoms with Crippen LogP contribution in [0.15, 0.2) is 199 Å². The second-order valence-electron chi connectivity index (χ2n) is 14.3. The first-order valence-electron chi connectivity index (χ1n) is 18.9. The molecule has 4 heteroatoms. The maximum Gasteiger partial charge on any atom is 0.227 e. The molecule has 0 aliphatic heterocycles. The lowest BCUT2D eigenvalue weighted by Crippen LogP contribution is -2.11. The first-order chi connectivity index (χ1) is 27.3. The Hall–Kier alpha value is -7.17. The Bertz CT molecular complexity index is 3130. The van der Waals surface area contributed by atoms with E-state index in [9.17, 15) is 0 Å². The lowest BCUT2D eigenvalue weighted by Gasteiger charge is -2.27. The number of aromatic nitrogens is 2. The van der Waals surface area contributed by atoms with Crippen LogP contribution in [-0.4, -0.2) is 9.55 Å². The third kappa shape index (κ3) is 5.25. The first kappa shape index (κ1) is 31.4. The van der Waals surface area contributed by atoms with Gasteiger partial charge in [-0.05, 0) is 101 Å². The summed E-state index contributed by atoms with van der Waals surface area (Å²) in [5, 5.41) is 7.12. The highest BCUT2D eigenvalue weighted by Gasteiger charge is 2.22. The standard InChI is InChI=1S/C51H35N3O/c1-3-13-36(14-4-1)51-52-50-44-19-11-21-46(43(44)29-31-49(50)55-51)53(40-26-24-35(25-27-40)38-23-22-34-12-7-8-15-37(34)32-38)41-28-30-48-45(33-41)42-18-9-10-20-47(42)54(48)39-16-5-2-6-17-39/h1-16,18-33,39H,17H2. The van der Waals surface area contributed by atoms with Gasteiger partial charge in [0.05, 0.1) is 11.7 Å². The molecule has 4 nitrogen and oxygen atoms in total. The third-order valence-corrected chi connectivity index (χ3v) is 11.1. The summed E-state index contributed by atoms with van der Waals surface area (Å²) in [6.07, 6.45) is 9.86. The number of hydrogen-bond acceptors (Lipinski definition) is 3. The molecule has 0 spiro atoms. The fourth-order valence-electron chi connectivity index (χ4n) is 8.48. The van der Waals surface area contributed by atoms with E-state index in [1.807, 2.05) is 30.3 Å². The quantitative estimate of drug-likeness (QED) is 0.173. The highest BCUT2D eigenvalue weighted by Crippen LogP contribution is 2.44. The van der Waals surface area contributed by atoms with Crippen molar-refractivity contribution in [3.8, 4) is 22.6 Å². The molecule has 260 valence electrons. The smallest absolute Gasteiger partial charge is 0.227 e. The van der Waals surface area contributed by atoms with Gasteiger partial charge in [0.25, 0.3) is 0 Å². The number of benzene rings is 8. The molecule has 0 amide bonds. The van der Waals surface area contributed by atoms with Crippen LogP contribution >= 0.6 is 0 Å². The average Bonchev–Trinajstić information content (AvgIpc) is 3.85. The summed E-state index contributed by atoms with van der Waals surface area (Å²) in [5.74, 6) is 0.625. The summed E-state index contributed by atoms with van der Waals surface area (Å²) in [7, 11) is 0. The zero-order valence-corrected chi connectivity index (χ0v) is 30.0. The molecule has 0 N–H and O–H groups in total. The zero-order valence-electron chi connectivity index (χ0n) is 30.0. The van der Waals surface area contributed by atoms with Crippen molar-refractivity contribution < 1.29 is 4.42 Å². The molecule has 0 fully saturated rings. The minimum absolute atomic E-state index is 0.265. The molecule has 8 aromatic carbocycles. The number of nitrogens with zero attached hydrogens (tertiary/aromatic N) is 3. The highest BCUT2D eigenvalue weighted by atomic mass is 16.3. The van der Waals surface area contributed by atoms with Crippen molar-refractivity contribution in [2.75, 3.05) is 4.90 Å². The normalized spacial score (nSPS) is 14.1. The molecule has 0 saturated heterocycles. The molecular formula is C51H35N3O. The Balaban J connectivity index is 1.10. The summed E-state index contributed by atoms with van der Waals surface area (Å²) < 4.78 is 8.82. The minimum atomic E-state index is 0.265. The van der Waals surface area contributed by atoms with Crippen LogP contribution in [0.25, 0.3) is 77.0 Å². The van der Waals surface area contributed by atoms with Gasteiger partial charge >= 0.3 is 0 Å². The van der Waals surface area contributed by atoms with Gasteiger partial charge < -0.3 is 13.9 Å². The second-order valence-corrected chi connectivity index (χ2v) is 14.3. The van der Waals surface area contributed by atoms with Gasteiger partial charge in [0.2, 0.25) is 5.89 Å². The van der Waals surface area contributed by atoms with Gasteiger partial charge in [0.15, 0.2) is 5.58 Å². The Labute approximate surface area is 318 Å². The topological polar surface area (TPSA) is 34.2 Å². The van der Waals surface area contributed by atoms with Crippen LogP contribution < -0.4 is 4.90 Å². The lowest BCUT2D eigenvalue weighted by molar-refractivity contribution is 0.620. The van der Waals surface area contributed by atoms with E-state index in [2.05, 4.69) is 173 Å². The monoisotopic (exact) mass is 705 g/mol. The van der Waals surface area contributed by atoms with Gasteiger partial charge in [0, 0.05) is 49.5 Å². The van der Waals surface area contributed by atoms with Gasteiger partial charge in [0.1, 0.15) is 5.52 Å². The average molecular weight is 706 g/mol. The highest BCUT2D eigenvalue weighted by molar-refractivity contribution is 6.12. The number of oxazole rings is 1. The first-order valence-corrected chi connectivity index (χ1v) is 18.9. The molecule has 0 saturated carbocycles. The van der Waals surface area contributed by atoms with Crippen LogP contribution in [0.5, 0.6) is 0 Å². The molecule has 0 bridgehead atoms. The number of anilines is 3. The van der Waals surface area contributed by atoms with Crippen LogP contribution in [0.2, 0.25) is 0 Å². The van der Waals surface area contributed by atoms with E-state index in [0.29, 0.717) is 5.89 Å². The number of fused-ring (bicyclic) bond motifs is 7. The summed E-state index contributed by atoms with van der Waals surface area (Å²) in [6.45, 7) is 0. The van der Waals surface area contributed by atoms with Crippen LogP contribution in [0.1, 0.15) is 12.5 Å². The van der Waals surface area contributed by atoms with E-state index in [1.54, 1.807) is 0 Å². The molecule has 2 heterocycles. The molecule has 11 rings (SSSR count). The van der Waals surface area contributed by atoms with Gasteiger partial charge in [-0.1, -0.05) is 121 Å². The van der Waals surface area contributed by atoms with Gasteiger partial charge in [-0.25, -0.2) is 4.98 Å². The lowest BCUT2D eigenvalue weighted by atomic mass is 10.0. The van der Waals surface area contributed by atoms with E-state index < -0.39 is 0 Å². The summed E-state index contributed by atoms with van der Waals surface area (Å²) in [5.41, 5.74) is 10.7. The Morgan fingerprint density at radius 3 is 2.16 bits per heavy atom. The Morgan fingerprint density at radius 2 is 1.29 bits per heavy atom. The van der Waals surface area contributed by atoms with Crippen molar-refractivity contribution in [2.45, 2.75) is 12.5 Å². The van der Waals surface area contributed by atoms with E-state index >= 15 is 0 Å². The number of allylic oxidation sites excluding steroid dienone is 4. The number of para-hydroxylation sites is 1. The van der Waals surface area contributed by atoms with E-state index in [4.69, 9.17) is 9.40 Å². The van der Waals surface area contributed by atoms with Crippen molar-refractivity contribution in [3.63, 3.8) is 0 Å². The maximum absolute atomic E-state index is 6.32. The molecule has 1 aliphatic carbocycles. The molecular weight excluding hydrogens is 671 g/mol. The van der Waals surface area contributed by atoms with Crippen molar-refractivity contribution in [3.05, 3.63) is 194 Å². The molecule has 1 aliphatic rings. The maximum atomic E-state index is 6.32. The van der Waals surface area contributed by atoms with Crippen LogP contribution in [0.4, 0.5) is 17.1 Å². The second kappa shape index (κ2) is 12.8. The molecule has 0 radical (unpaired) electrons. The largest absolute Gasteiger partial charge is 0.436 e. The van der Waals surface area contributed by atoms with Crippen molar-refractivity contribution >= 4 is 71.5 Å².